The molecule has 1 fully saturated rings. The SMILES string of the molecule is CCc1ccc(OCCN2CCCC2C(=O)O)cc1. The number of aliphatic carboxylic acids is 1. The topological polar surface area (TPSA) is 49.8 Å². The van der Waals surface area contributed by atoms with E-state index in [1.165, 1.54) is 5.56 Å². The average Bonchev–Trinajstić information content (AvgIpc) is 2.88. The van der Waals surface area contributed by atoms with Crippen molar-refractivity contribution in [3.63, 3.8) is 0 Å². The first kappa shape index (κ1) is 13.9. The van der Waals surface area contributed by atoms with Crippen LogP contribution >= 0.6 is 0 Å². The first-order valence-corrected chi connectivity index (χ1v) is 6.89. The lowest BCUT2D eigenvalue weighted by Gasteiger charge is -2.20. The van der Waals surface area contributed by atoms with Crippen LogP contribution in [0.5, 0.6) is 5.75 Å². The number of carbonyl (C=O) groups is 1. The Morgan fingerprint density at radius 3 is 2.79 bits per heavy atom. The Morgan fingerprint density at radius 1 is 1.42 bits per heavy atom. The van der Waals surface area contributed by atoms with Gasteiger partial charge < -0.3 is 9.84 Å². The second-order valence-corrected chi connectivity index (χ2v) is 4.88. The van der Waals surface area contributed by atoms with E-state index in [2.05, 4.69) is 19.1 Å². The molecule has 104 valence electrons. The number of hydrogen-bond donors (Lipinski definition) is 1. The summed E-state index contributed by atoms with van der Waals surface area (Å²) < 4.78 is 5.66. The van der Waals surface area contributed by atoms with Crippen LogP contribution < -0.4 is 4.74 Å². The average molecular weight is 263 g/mol. The highest BCUT2D eigenvalue weighted by Gasteiger charge is 2.29. The highest BCUT2D eigenvalue weighted by atomic mass is 16.5. The predicted molar refractivity (Wildman–Crippen MR) is 73.5 cm³/mol. The first-order valence-electron chi connectivity index (χ1n) is 6.89. The van der Waals surface area contributed by atoms with Crippen LogP contribution in [0.15, 0.2) is 24.3 Å². The normalized spacial score (nSPS) is 19.5. The third-order valence-electron chi connectivity index (χ3n) is 3.63. The number of rotatable bonds is 6. The molecule has 4 nitrogen and oxygen atoms in total. The van der Waals surface area contributed by atoms with Gasteiger partial charge in [-0.1, -0.05) is 19.1 Å². The molecule has 1 N–H and O–H groups in total. The zero-order valence-corrected chi connectivity index (χ0v) is 11.3. The van der Waals surface area contributed by atoms with Gasteiger partial charge in [0.05, 0.1) is 0 Å². The van der Waals surface area contributed by atoms with E-state index in [9.17, 15) is 4.79 Å². The Kier molecular flexibility index (Phi) is 4.80. The van der Waals surface area contributed by atoms with Crippen molar-refractivity contribution in [3.05, 3.63) is 29.8 Å². The van der Waals surface area contributed by atoms with Gasteiger partial charge in [-0.25, -0.2) is 0 Å². The lowest BCUT2D eigenvalue weighted by molar-refractivity contribution is -0.142. The van der Waals surface area contributed by atoms with Gasteiger partial charge in [-0.2, -0.15) is 0 Å². The summed E-state index contributed by atoms with van der Waals surface area (Å²) in [6.45, 7) is 4.19. The highest BCUT2D eigenvalue weighted by Crippen LogP contribution is 2.17. The largest absolute Gasteiger partial charge is 0.492 e. The lowest BCUT2D eigenvalue weighted by Crippen LogP contribution is -2.38. The van der Waals surface area contributed by atoms with Crippen molar-refractivity contribution in [2.24, 2.45) is 0 Å². The van der Waals surface area contributed by atoms with Gasteiger partial charge >= 0.3 is 5.97 Å². The van der Waals surface area contributed by atoms with Crippen molar-refractivity contribution in [3.8, 4) is 5.75 Å². The molecule has 1 aromatic carbocycles. The Balaban J connectivity index is 1.78. The molecule has 1 aliphatic rings. The fourth-order valence-corrected chi connectivity index (χ4v) is 2.48. The molecule has 0 aromatic heterocycles. The smallest absolute Gasteiger partial charge is 0.320 e. The summed E-state index contributed by atoms with van der Waals surface area (Å²) in [7, 11) is 0. The number of nitrogens with zero attached hydrogens (tertiary/aromatic N) is 1. The predicted octanol–water partition coefficient (Wildman–Crippen LogP) is 2.18. The van der Waals surface area contributed by atoms with Gasteiger partial charge in [-0.15, -0.1) is 0 Å². The number of hydrogen-bond acceptors (Lipinski definition) is 3. The maximum Gasteiger partial charge on any atom is 0.320 e. The molecule has 0 spiro atoms. The first-order chi connectivity index (χ1) is 9.20. The summed E-state index contributed by atoms with van der Waals surface area (Å²) in [4.78, 5) is 13.0. The van der Waals surface area contributed by atoms with Gasteiger partial charge in [0.25, 0.3) is 0 Å². The molecule has 19 heavy (non-hydrogen) atoms. The van der Waals surface area contributed by atoms with E-state index in [1.807, 2.05) is 17.0 Å². The highest BCUT2D eigenvalue weighted by molar-refractivity contribution is 5.73. The summed E-state index contributed by atoms with van der Waals surface area (Å²) in [6.07, 6.45) is 2.73. The molecule has 1 aliphatic heterocycles. The molecule has 1 aromatic rings. The molecular formula is C15H21NO3. The van der Waals surface area contributed by atoms with E-state index in [0.717, 1.165) is 31.6 Å². The number of aryl methyl sites for hydroxylation is 1. The van der Waals surface area contributed by atoms with Crippen LogP contribution in [0, 0.1) is 0 Å². The fourth-order valence-electron chi connectivity index (χ4n) is 2.48. The fraction of sp³-hybridized carbons (Fsp3) is 0.533. The molecule has 0 bridgehead atoms. The summed E-state index contributed by atoms with van der Waals surface area (Å²) in [5.74, 6) is 0.132. The van der Waals surface area contributed by atoms with Crippen molar-refractivity contribution < 1.29 is 14.6 Å². The second kappa shape index (κ2) is 6.57. The molecule has 0 saturated carbocycles. The van der Waals surface area contributed by atoms with Crippen LogP contribution in [0.3, 0.4) is 0 Å². The van der Waals surface area contributed by atoms with Crippen molar-refractivity contribution >= 4 is 5.97 Å². The van der Waals surface area contributed by atoms with Crippen molar-refractivity contribution in [1.82, 2.24) is 4.90 Å². The maximum absolute atomic E-state index is 11.0. The zero-order chi connectivity index (χ0) is 13.7. The molecule has 1 saturated heterocycles. The van der Waals surface area contributed by atoms with Gasteiger partial charge in [0, 0.05) is 6.54 Å². The summed E-state index contributed by atoms with van der Waals surface area (Å²) in [5.41, 5.74) is 1.29. The van der Waals surface area contributed by atoms with Crippen LogP contribution in [0.25, 0.3) is 0 Å². The molecule has 2 rings (SSSR count). The summed E-state index contributed by atoms with van der Waals surface area (Å²) in [6, 6.07) is 7.73. The van der Waals surface area contributed by atoms with Gasteiger partial charge in [0.15, 0.2) is 0 Å². The third kappa shape index (κ3) is 3.70. The van der Waals surface area contributed by atoms with Gasteiger partial charge in [0.1, 0.15) is 18.4 Å². The van der Waals surface area contributed by atoms with Crippen LogP contribution in [0.1, 0.15) is 25.3 Å². The van der Waals surface area contributed by atoms with Crippen molar-refractivity contribution in [2.75, 3.05) is 19.7 Å². The minimum Gasteiger partial charge on any atom is -0.492 e. The van der Waals surface area contributed by atoms with Gasteiger partial charge in [-0.3, -0.25) is 9.69 Å². The van der Waals surface area contributed by atoms with Crippen LogP contribution in [0.2, 0.25) is 0 Å². The van der Waals surface area contributed by atoms with Gasteiger partial charge in [-0.05, 0) is 43.5 Å². The Hall–Kier alpha value is -1.55. The van der Waals surface area contributed by atoms with E-state index >= 15 is 0 Å². The Morgan fingerprint density at radius 2 is 2.16 bits per heavy atom. The summed E-state index contributed by atoms with van der Waals surface area (Å²) >= 11 is 0. The Labute approximate surface area is 114 Å². The molecule has 0 amide bonds. The molecule has 4 heteroatoms. The number of benzene rings is 1. The van der Waals surface area contributed by atoms with E-state index in [-0.39, 0.29) is 6.04 Å². The number of carboxylic acids is 1. The molecular weight excluding hydrogens is 242 g/mol. The maximum atomic E-state index is 11.0. The van der Waals surface area contributed by atoms with Crippen LogP contribution in [-0.2, 0) is 11.2 Å². The number of carboxylic acid groups (broad SMARTS) is 1. The van der Waals surface area contributed by atoms with E-state index in [0.29, 0.717) is 13.2 Å². The minimum atomic E-state index is -0.718. The standard InChI is InChI=1S/C15H21NO3/c1-2-12-5-7-13(8-6-12)19-11-10-16-9-3-4-14(16)15(17)18/h5-8,14H,2-4,9-11H2,1H3,(H,17,18). The number of likely N-dealkylation sites (tertiary alicyclic amines) is 1. The van der Waals surface area contributed by atoms with Crippen molar-refractivity contribution in [2.45, 2.75) is 32.2 Å². The minimum absolute atomic E-state index is 0.328. The molecule has 0 aliphatic carbocycles. The molecule has 1 heterocycles. The number of ether oxygens (including phenoxy) is 1. The van der Waals surface area contributed by atoms with Crippen LogP contribution in [0.4, 0.5) is 0 Å². The summed E-state index contributed by atoms with van der Waals surface area (Å²) in [5, 5.41) is 9.08. The quantitative estimate of drug-likeness (QED) is 0.854. The molecule has 1 unspecified atom stereocenters. The third-order valence-corrected chi connectivity index (χ3v) is 3.63. The zero-order valence-electron chi connectivity index (χ0n) is 11.3. The Bertz CT molecular complexity index is 416. The van der Waals surface area contributed by atoms with Crippen molar-refractivity contribution in [1.29, 1.82) is 0 Å². The second-order valence-electron chi connectivity index (χ2n) is 4.88. The molecule has 0 radical (unpaired) electrons. The van der Waals surface area contributed by atoms with E-state index in [1.54, 1.807) is 0 Å². The van der Waals surface area contributed by atoms with Crippen LogP contribution in [-0.4, -0.2) is 41.7 Å². The molecule has 1 atom stereocenters. The monoisotopic (exact) mass is 263 g/mol. The lowest BCUT2D eigenvalue weighted by atomic mass is 10.2. The van der Waals surface area contributed by atoms with E-state index < -0.39 is 5.97 Å². The van der Waals surface area contributed by atoms with Gasteiger partial charge in [0.2, 0.25) is 0 Å². The van der Waals surface area contributed by atoms with E-state index in [4.69, 9.17) is 9.84 Å².